The molecule has 0 N–H and O–H groups in total. The summed E-state index contributed by atoms with van der Waals surface area (Å²) < 4.78 is 9.11. The summed E-state index contributed by atoms with van der Waals surface area (Å²) in [5.41, 5.74) is 0. The zero-order chi connectivity index (χ0) is 11.1. The number of rotatable bonds is 4. The first kappa shape index (κ1) is 12.2. The van der Waals surface area contributed by atoms with Gasteiger partial charge in [-0.3, -0.25) is 0 Å². The summed E-state index contributed by atoms with van der Waals surface area (Å²) in [5.74, 6) is -0.826. The maximum absolute atomic E-state index is 10.8. The van der Waals surface area contributed by atoms with Crippen molar-refractivity contribution >= 4 is 11.9 Å². The average molecular weight is 196 g/mol. The molecule has 0 aromatic rings. The van der Waals surface area contributed by atoms with Gasteiger partial charge in [-0.05, 0) is 13.8 Å². The SMILES string of the molecule is C=C(C)OC(=O)/C=C\C(=O)OC(=C)C. The molecule has 0 aromatic carbocycles. The van der Waals surface area contributed by atoms with Gasteiger partial charge in [0.05, 0.1) is 11.5 Å². The lowest BCUT2D eigenvalue weighted by atomic mass is 10.5. The van der Waals surface area contributed by atoms with Crippen molar-refractivity contribution < 1.29 is 19.1 Å². The molecule has 0 amide bonds. The van der Waals surface area contributed by atoms with E-state index >= 15 is 0 Å². The van der Waals surface area contributed by atoms with Crippen LogP contribution in [0.15, 0.2) is 36.8 Å². The molecule has 0 saturated heterocycles. The normalized spacial score (nSPS) is 9.57. The van der Waals surface area contributed by atoms with Crippen molar-refractivity contribution in [1.82, 2.24) is 0 Å². The van der Waals surface area contributed by atoms with Gasteiger partial charge in [-0.15, -0.1) is 0 Å². The van der Waals surface area contributed by atoms with Crippen molar-refractivity contribution in [3.05, 3.63) is 36.8 Å². The van der Waals surface area contributed by atoms with Gasteiger partial charge < -0.3 is 9.47 Å². The van der Waals surface area contributed by atoms with E-state index in [1.54, 1.807) is 0 Å². The minimum Gasteiger partial charge on any atom is -0.429 e. The van der Waals surface area contributed by atoms with Crippen LogP contribution in [-0.4, -0.2) is 11.9 Å². The molecule has 0 aliphatic heterocycles. The Labute approximate surface area is 82.5 Å². The van der Waals surface area contributed by atoms with Gasteiger partial charge in [0.1, 0.15) is 0 Å². The van der Waals surface area contributed by atoms with Gasteiger partial charge in [0, 0.05) is 12.2 Å². The number of hydrogen-bond acceptors (Lipinski definition) is 4. The van der Waals surface area contributed by atoms with Gasteiger partial charge in [0.2, 0.25) is 0 Å². The van der Waals surface area contributed by atoms with Crippen LogP contribution in [0.1, 0.15) is 13.8 Å². The summed E-state index contributed by atoms with van der Waals surface area (Å²) in [7, 11) is 0. The molecule has 0 heterocycles. The predicted octanol–water partition coefficient (Wildman–Crippen LogP) is 1.70. The van der Waals surface area contributed by atoms with Gasteiger partial charge in [0.15, 0.2) is 0 Å². The van der Waals surface area contributed by atoms with Crippen LogP contribution in [0.25, 0.3) is 0 Å². The third-order valence-electron chi connectivity index (χ3n) is 0.905. The maximum Gasteiger partial charge on any atom is 0.336 e. The minimum atomic E-state index is -0.670. The molecule has 76 valence electrons. The molecule has 0 aliphatic rings. The number of allylic oxidation sites excluding steroid dienone is 2. The van der Waals surface area contributed by atoms with Gasteiger partial charge in [-0.2, -0.15) is 0 Å². The quantitative estimate of drug-likeness (QED) is 0.390. The molecular formula is C10H12O4. The first-order chi connectivity index (χ1) is 6.41. The number of carbonyl (C=O) groups is 2. The second-order valence-electron chi connectivity index (χ2n) is 2.58. The molecule has 4 heteroatoms. The molecule has 0 rings (SSSR count). The predicted molar refractivity (Wildman–Crippen MR) is 51.0 cm³/mol. The molecule has 0 saturated carbocycles. The Balaban J connectivity index is 4.04. The molecular weight excluding hydrogens is 184 g/mol. The molecule has 0 atom stereocenters. The third kappa shape index (κ3) is 6.84. The van der Waals surface area contributed by atoms with E-state index in [0.717, 1.165) is 12.2 Å². The second-order valence-corrected chi connectivity index (χ2v) is 2.58. The van der Waals surface area contributed by atoms with Crippen molar-refractivity contribution in [3.8, 4) is 0 Å². The third-order valence-corrected chi connectivity index (χ3v) is 0.905. The molecule has 0 aromatic heterocycles. The Morgan fingerprint density at radius 2 is 1.21 bits per heavy atom. The van der Waals surface area contributed by atoms with E-state index in [-0.39, 0.29) is 11.5 Å². The molecule has 0 spiro atoms. The number of hydrogen-bond donors (Lipinski definition) is 0. The highest BCUT2D eigenvalue weighted by molar-refractivity contribution is 5.92. The lowest BCUT2D eigenvalue weighted by molar-refractivity contribution is -0.136. The fraction of sp³-hybridized carbons (Fsp3) is 0.200. The largest absolute Gasteiger partial charge is 0.429 e. The topological polar surface area (TPSA) is 52.6 Å². The van der Waals surface area contributed by atoms with Crippen LogP contribution >= 0.6 is 0 Å². The highest BCUT2D eigenvalue weighted by Gasteiger charge is 2.00. The summed E-state index contributed by atoms with van der Waals surface area (Å²) in [6.07, 6.45) is 1.92. The summed E-state index contributed by atoms with van der Waals surface area (Å²) >= 11 is 0. The Morgan fingerprint density at radius 3 is 1.43 bits per heavy atom. The van der Waals surface area contributed by atoms with Crippen LogP contribution in [-0.2, 0) is 19.1 Å². The van der Waals surface area contributed by atoms with Crippen molar-refractivity contribution in [2.45, 2.75) is 13.8 Å². The van der Waals surface area contributed by atoms with Gasteiger partial charge >= 0.3 is 11.9 Å². The van der Waals surface area contributed by atoms with E-state index < -0.39 is 11.9 Å². The fourth-order valence-electron chi connectivity index (χ4n) is 0.548. The van der Waals surface area contributed by atoms with Crippen LogP contribution in [0.3, 0.4) is 0 Å². The van der Waals surface area contributed by atoms with Crippen LogP contribution in [0.5, 0.6) is 0 Å². The highest BCUT2D eigenvalue weighted by Crippen LogP contribution is 1.95. The lowest BCUT2D eigenvalue weighted by Gasteiger charge is -1.98. The van der Waals surface area contributed by atoms with Crippen molar-refractivity contribution in [2.24, 2.45) is 0 Å². The van der Waals surface area contributed by atoms with Crippen molar-refractivity contribution in [2.75, 3.05) is 0 Å². The van der Waals surface area contributed by atoms with Crippen LogP contribution in [0.2, 0.25) is 0 Å². The molecule has 0 aliphatic carbocycles. The standard InChI is InChI=1S/C10H12O4/c1-7(2)13-9(11)5-6-10(12)14-8(3)4/h5-6H,1,3H2,2,4H3/b6-5-. The number of esters is 2. The second kappa shape index (κ2) is 5.75. The van der Waals surface area contributed by atoms with E-state index in [1.807, 2.05) is 0 Å². The van der Waals surface area contributed by atoms with Gasteiger partial charge in [-0.25, -0.2) is 9.59 Å². The van der Waals surface area contributed by atoms with E-state index in [0.29, 0.717) is 0 Å². The van der Waals surface area contributed by atoms with Gasteiger partial charge in [0.25, 0.3) is 0 Å². The molecule has 0 unspecified atom stereocenters. The van der Waals surface area contributed by atoms with Crippen LogP contribution in [0.4, 0.5) is 0 Å². The molecule has 0 bridgehead atoms. The smallest absolute Gasteiger partial charge is 0.336 e. The van der Waals surface area contributed by atoms with E-state index in [1.165, 1.54) is 13.8 Å². The zero-order valence-corrected chi connectivity index (χ0v) is 8.20. The highest BCUT2D eigenvalue weighted by atomic mass is 16.5. The van der Waals surface area contributed by atoms with Crippen molar-refractivity contribution in [3.63, 3.8) is 0 Å². The Hall–Kier alpha value is -1.84. The van der Waals surface area contributed by atoms with E-state index in [4.69, 9.17) is 0 Å². The fourth-order valence-corrected chi connectivity index (χ4v) is 0.548. The minimum absolute atomic E-state index is 0.257. The molecule has 0 radical (unpaired) electrons. The lowest BCUT2D eigenvalue weighted by Crippen LogP contribution is -2.02. The summed E-state index contributed by atoms with van der Waals surface area (Å²) in [6.45, 7) is 9.78. The van der Waals surface area contributed by atoms with E-state index in [9.17, 15) is 9.59 Å². The van der Waals surface area contributed by atoms with E-state index in [2.05, 4.69) is 22.6 Å². The monoisotopic (exact) mass is 196 g/mol. The van der Waals surface area contributed by atoms with Crippen LogP contribution < -0.4 is 0 Å². The average Bonchev–Trinajstić information content (AvgIpc) is 1.98. The summed E-state index contributed by atoms with van der Waals surface area (Å²) in [4.78, 5) is 21.7. The summed E-state index contributed by atoms with van der Waals surface area (Å²) in [5, 5.41) is 0. The molecule has 0 fully saturated rings. The zero-order valence-electron chi connectivity index (χ0n) is 8.20. The first-order valence-corrected chi connectivity index (χ1v) is 3.84. The maximum atomic E-state index is 10.8. The molecule has 4 nitrogen and oxygen atoms in total. The number of carbonyl (C=O) groups excluding carboxylic acids is 2. The van der Waals surface area contributed by atoms with Crippen LogP contribution in [0, 0.1) is 0 Å². The van der Waals surface area contributed by atoms with Gasteiger partial charge in [-0.1, -0.05) is 13.2 Å². The number of ether oxygens (including phenoxy) is 2. The van der Waals surface area contributed by atoms with Crippen molar-refractivity contribution in [1.29, 1.82) is 0 Å². The summed E-state index contributed by atoms with van der Waals surface area (Å²) in [6, 6.07) is 0. The Kier molecular flexibility index (Phi) is 4.99. The Bertz CT molecular complexity index is 269. The molecule has 14 heavy (non-hydrogen) atoms. The first-order valence-electron chi connectivity index (χ1n) is 3.84. The Morgan fingerprint density at radius 1 is 0.929 bits per heavy atom.